The van der Waals surface area contributed by atoms with Crippen molar-refractivity contribution in [2.45, 2.75) is 46.1 Å². The van der Waals surface area contributed by atoms with Gasteiger partial charge in [0.25, 0.3) is 0 Å². The molecule has 2 nitrogen and oxygen atoms in total. The first-order chi connectivity index (χ1) is 7.63. The third-order valence-electron chi connectivity index (χ3n) is 2.49. The van der Waals surface area contributed by atoms with Gasteiger partial charge in [0.2, 0.25) is 0 Å². The van der Waals surface area contributed by atoms with Gasteiger partial charge >= 0.3 is 0 Å². The summed E-state index contributed by atoms with van der Waals surface area (Å²) in [5.41, 5.74) is 2.31. The maximum atomic E-state index is 9.44. The van der Waals surface area contributed by atoms with Gasteiger partial charge in [-0.15, -0.1) is 0 Å². The first kappa shape index (κ1) is 13.0. The van der Waals surface area contributed by atoms with Gasteiger partial charge in [-0.25, -0.2) is 0 Å². The van der Waals surface area contributed by atoms with Gasteiger partial charge in [0.05, 0.1) is 12.7 Å². The van der Waals surface area contributed by atoms with Crippen molar-refractivity contribution in [2.24, 2.45) is 0 Å². The summed E-state index contributed by atoms with van der Waals surface area (Å²) >= 11 is 0. The minimum atomic E-state index is -0.324. The number of hydrogen-bond donors (Lipinski definition) is 1. The molecular formula is C14H22O2. The average Bonchev–Trinajstić information content (AvgIpc) is 2.20. The maximum Gasteiger partial charge on any atom is 0.122 e. The molecule has 1 atom stereocenters. The molecule has 1 aromatic carbocycles. The van der Waals surface area contributed by atoms with Crippen LogP contribution in [0, 0.1) is 6.92 Å². The number of aliphatic hydroxyl groups is 1. The van der Waals surface area contributed by atoms with E-state index in [1.54, 1.807) is 6.92 Å². The molecule has 1 N–H and O–H groups in total. The fourth-order valence-corrected chi connectivity index (χ4v) is 1.65. The highest BCUT2D eigenvalue weighted by molar-refractivity contribution is 5.37. The van der Waals surface area contributed by atoms with Gasteiger partial charge in [0.15, 0.2) is 0 Å². The van der Waals surface area contributed by atoms with E-state index in [-0.39, 0.29) is 6.10 Å². The molecule has 0 aromatic heterocycles. The topological polar surface area (TPSA) is 29.5 Å². The highest BCUT2D eigenvalue weighted by Crippen LogP contribution is 2.22. The van der Waals surface area contributed by atoms with E-state index in [0.717, 1.165) is 30.8 Å². The van der Waals surface area contributed by atoms with Crippen molar-refractivity contribution in [1.82, 2.24) is 0 Å². The van der Waals surface area contributed by atoms with Crippen LogP contribution in [0.3, 0.4) is 0 Å². The van der Waals surface area contributed by atoms with Crippen molar-refractivity contribution in [3.8, 4) is 5.75 Å². The number of unbranched alkanes of at least 4 members (excludes halogenated alkanes) is 1. The molecule has 0 saturated heterocycles. The number of rotatable bonds is 6. The van der Waals surface area contributed by atoms with E-state index >= 15 is 0 Å². The molecule has 16 heavy (non-hydrogen) atoms. The molecule has 1 aromatic rings. The van der Waals surface area contributed by atoms with E-state index in [2.05, 4.69) is 19.9 Å². The Kier molecular flexibility index (Phi) is 5.33. The summed E-state index contributed by atoms with van der Waals surface area (Å²) in [4.78, 5) is 0. The SMILES string of the molecule is CCCCOc1ccc(C)cc1C[C@@H](C)O. The Hall–Kier alpha value is -1.02. The first-order valence-corrected chi connectivity index (χ1v) is 6.04. The van der Waals surface area contributed by atoms with Crippen molar-refractivity contribution in [3.05, 3.63) is 29.3 Å². The van der Waals surface area contributed by atoms with Crippen LogP contribution in [-0.4, -0.2) is 17.8 Å². The lowest BCUT2D eigenvalue weighted by atomic mass is 10.0. The van der Waals surface area contributed by atoms with Gasteiger partial charge < -0.3 is 9.84 Å². The number of aryl methyl sites for hydroxylation is 1. The van der Waals surface area contributed by atoms with E-state index < -0.39 is 0 Å². The minimum Gasteiger partial charge on any atom is -0.493 e. The van der Waals surface area contributed by atoms with E-state index in [9.17, 15) is 5.11 Å². The quantitative estimate of drug-likeness (QED) is 0.749. The Labute approximate surface area is 98.3 Å². The second-order valence-corrected chi connectivity index (χ2v) is 4.37. The number of aliphatic hydroxyl groups excluding tert-OH is 1. The predicted molar refractivity (Wildman–Crippen MR) is 67.0 cm³/mol. The minimum absolute atomic E-state index is 0.324. The van der Waals surface area contributed by atoms with Gasteiger partial charge in [0, 0.05) is 6.42 Å². The fourth-order valence-electron chi connectivity index (χ4n) is 1.65. The zero-order chi connectivity index (χ0) is 12.0. The van der Waals surface area contributed by atoms with Crippen LogP contribution in [0.1, 0.15) is 37.8 Å². The van der Waals surface area contributed by atoms with Gasteiger partial charge in [-0.3, -0.25) is 0 Å². The molecule has 0 aliphatic carbocycles. The molecule has 90 valence electrons. The molecule has 1 rings (SSSR count). The molecule has 0 aliphatic rings. The van der Waals surface area contributed by atoms with Crippen LogP contribution in [0.25, 0.3) is 0 Å². The predicted octanol–water partition coefficient (Wildman–Crippen LogP) is 3.10. The second-order valence-electron chi connectivity index (χ2n) is 4.37. The average molecular weight is 222 g/mol. The summed E-state index contributed by atoms with van der Waals surface area (Å²) in [5, 5.41) is 9.44. The molecule has 0 fully saturated rings. The lowest BCUT2D eigenvalue weighted by Gasteiger charge is -2.13. The Balaban J connectivity index is 2.72. The van der Waals surface area contributed by atoms with Gasteiger partial charge in [0.1, 0.15) is 5.75 Å². The molecule has 0 heterocycles. The standard InChI is InChI=1S/C14H22O2/c1-4-5-8-16-14-7-6-11(2)9-13(14)10-12(3)15/h6-7,9,12,15H,4-5,8,10H2,1-3H3/t12-/m1/s1. The van der Waals surface area contributed by atoms with Crippen molar-refractivity contribution in [2.75, 3.05) is 6.61 Å². The van der Waals surface area contributed by atoms with Crippen molar-refractivity contribution in [3.63, 3.8) is 0 Å². The van der Waals surface area contributed by atoms with Crippen LogP contribution < -0.4 is 4.74 Å². The Morgan fingerprint density at radius 3 is 2.75 bits per heavy atom. The van der Waals surface area contributed by atoms with Crippen LogP contribution in [0.4, 0.5) is 0 Å². The maximum absolute atomic E-state index is 9.44. The molecular weight excluding hydrogens is 200 g/mol. The van der Waals surface area contributed by atoms with Gasteiger partial charge in [-0.1, -0.05) is 31.0 Å². The summed E-state index contributed by atoms with van der Waals surface area (Å²) in [7, 11) is 0. The van der Waals surface area contributed by atoms with E-state index in [1.807, 2.05) is 12.1 Å². The van der Waals surface area contributed by atoms with Gasteiger partial charge in [-0.2, -0.15) is 0 Å². The normalized spacial score (nSPS) is 12.5. The molecule has 0 amide bonds. The summed E-state index contributed by atoms with van der Waals surface area (Å²) in [6.45, 7) is 6.76. The smallest absolute Gasteiger partial charge is 0.122 e. The van der Waals surface area contributed by atoms with Crippen LogP contribution in [0.15, 0.2) is 18.2 Å². The zero-order valence-electron chi connectivity index (χ0n) is 10.5. The molecule has 0 bridgehead atoms. The van der Waals surface area contributed by atoms with Crippen LogP contribution in [0.5, 0.6) is 5.75 Å². The van der Waals surface area contributed by atoms with E-state index in [4.69, 9.17) is 4.74 Å². The first-order valence-electron chi connectivity index (χ1n) is 6.04. The molecule has 0 saturated carbocycles. The van der Waals surface area contributed by atoms with Gasteiger partial charge in [-0.05, 0) is 31.9 Å². The monoisotopic (exact) mass is 222 g/mol. The van der Waals surface area contributed by atoms with Crippen molar-refractivity contribution >= 4 is 0 Å². The summed E-state index contributed by atoms with van der Waals surface area (Å²) < 4.78 is 5.72. The Morgan fingerprint density at radius 1 is 1.38 bits per heavy atom. The van der Waals surface area contributed by atoms with Crippen LogP contribution in [-0.2, 0) is 6.42 Å². The summed E-state index contributed by atoms with van der Waals surface area (Å²) in [6.07, 6.45) is 2.54. The van der Waals surface area contributed by atoms with E-state index in [0.29, 0.717) is 6.42 Å². The lowest BCUT2D eigenvalue weighted by molar-refractivity contribution is 0.193. The third-order valence-corrected chi connectivity index (χ3v) is 2.49. The highest BCUT2D eigenvalue weighted by atomic mass is 16.5. The lowest BCUT2D eigenvalue weighted by Crippen LogP contribution is -2.07. The summed E-state index contributed by atoms with van der Waals surface area (Å²) in [5.74, 6) is 0.917. The second kappa shape index (κ2) is 6.54. The summed E-state index contributed by atoms with van der Waals surface area (Å²) in [6, 6.07) is 6.14. The van der Waals surface area contributed by atoms with Crippen molar-refractivity contribution in [1.29, 1.82) is 0 Å². The van der Waals surface area contributed by atoms with Crippen molar-refractivity contribution < 1.29 is 9.84 Å². The Bertz CT molecular complexity index is 319. The molecule has 0 spiro atoms. The Morgan fingerprint density at radius 2 is 2.12 bits per heavy atom. The number of benzene rings is 1. The molecule has 0 radical (unpaired) electrons. The van der Waals surface area contributed by atoms with Crippen LogP contribution >= 0.6 is 0 Å². The molecule has 2 heteroatoms. The number of ether oxygens (including phenoxy) is 1. The molecule has 0 unspecified atom stereocenters. The largest absolute Gasteiger partial charge is 0.493 e. The van der Waals surface area contributed by atoms with E-state index in [1.165, 1.54) is 5.56 Å². The van der Waals surface area contributed by atoms with Crippen LogP contribution in [0.2, 0.25) is 0 Å². The fraction of sp³-hybridized carbons (Fsp3) is 0.571. The third kappa shape index (κ3) is 4.23. The number of hydrogen-bond acceptors (Lipinski definition) is 2. The highest BCUT2D eigenvalue weighted by Gasteiger charge is 2.07. The molecule has 0 aliphatic heterocycles. The zero-order valence-corrected chi connectivity index (χ0v) is 10.5.